The predicted octanol–water partition coefficient (Wildman–Crippen LogP) is 3.24. The molecule has 3 atom stereocenters. The molecule has 0 spiro atoms. The minimum absolute atomic E-state index is 0.0197. The molecule has 122 valence electrons. The lowest BCUT2D eigenvalue weighted by atomic mass is 9.87. The van der Waals surface area contributed by atoms with Gasteiger partial charge >= 0.3 is 12.0 Å². The van der Waals surface area contributed by atoms with Crippen molar-refractivity contribution in [3.8, 4) is 0 Å². The highest BCUT2D eigenvalue weighted by Crippen LogP contribution is 2.27. The molecule has 5 heteroatoms. The third-order valence-corrected chi connectivity index (χ3v) is 4.10. The number of likely N-dealkylation sites (tertiary alicyclic amines) is 1. The normalized spacial score (nSPS) is 24.0. The molecule has 3 unspecified atom stereocenters. The Balaban J connectivity index is 2.72. The molecule has 0 aromatic carbocycles. The third-order valence-electron chi connectivity index (χ3n) is 4.10. The number of carbonyl (C=O) groups excluding carboxylic acids is 1. The first-order valence-corrected chi connectivity index (χ1v) is 7.94. The zero-order chi connectivity index (χ0) is 16.2. The predicted molar refractivity (Wildman–Crippen MR) is 83.3 cm³/mol. The van der Waals surface area contributed by atoms with Gasteiger partial charge in [-0.2, -0.15) is 0 Å². The van der Waals surface area contributed by atoms with Gasteiger partial charge in [0.05, 0.1) is 6.42 Å². The van der Waals surface area contributed by atoms with Crippen molar-refractivity contribution in [3.05, 3.63) is 0 Å². The number of urea groups is 1. The average molecular weight is 298 g/mol. The second kappa shape index (κ2) is 7.14. The van der Waals surface area contributed by atoms with Gasteiger partial charge in [-0.15, -0.1) is 0 Å². The van der Waals surface area contributed by atoms with E-state index in [1.165, 1.54) is 0 Å². The lowest BCUT2D eigenvalue weighted by Gasteiger charge is -2.32. The van der Waals surface area contributed by atoms with E-state index in [0.717, 1.165) is 19.3 Å². The van der Waals surface area contributed by atoms with Crippen molar-refractivity contribution in [1.82, 2.24) is 10.2 Å². The fourth-order valence-corrected chi connectivity index (χ4v) is 3.21. The maximum atomic E-state index is 12.5. The standard InChI is InChI=1S/C16H30N2O3/c1-6-13-8-7-11(2)18(13)15(21)17-12(9-14(19)20)10-16(3,4)5/h11-13H,6-10H2,1-5H3,(H,17,21)(H,19,20). The molecule has 2 amide bonds. The van der Waals surface area contributed by atoms with Crippen LogP contribution >= 0.6 is 0 Å². The Morgan fingerprint density at radius 1 is 1.33 bits per heavy atom. The lowest BCUT2D eigenvalue weighted by Crippen LogP contribution is -2.50. The van der Waals surface area contributed by atoms with Gasteiger partial charge in [-0.3, -0.25) is 4.79 Å². The van der Waals surface area contributed by atoms with E-state index in [9.17, 15) is 9.59 Å². The number of nitrogens with zero attached hydrogens (tertiary/aromatic N) is 1. The van der Waals surface area contributed by atoms with Crippen LogP contribution in [0.15, 0.2) is 0 Å². The highest BCUT2D eigenvalue weighted by molar-refractivity contribution is 5.76. The number of hydrogen-bond donors (Lipinski definition) is 2. The fraction of sp³-hybridized carbons (Fsp3) is 0.875. The van der Waals surface area contributed by atoms with Crippen LogP contribution in [0.2, 0.25) is 0 Å². The quantitative estimate of drug-likeness (QED) is 0.818. The maximum absolute atomic E-state index is 12.5. The van der Waals surface area contributed by atoms with E-state index in [1.54, 1.807) is 0 Å². The van der Waals surface area contributed by atoms with Crippen LogP contribution in [0, 0.1) is 5.41 Å². The zero-order valence-electron chi connectivity index (χ0n) is 14.0. The van der Waals surface area contributed by atoms with Crippen LogP contribution in [0.3, 0.4) is 0 Å². The van der Waals surface area contributed by atoms with Gasteiger partial charge in [-0.25, -0.2) is 4.79 Å². The molecule has 0 aromatic heterocycles. The average Bonchev–Trinajstić information content (AvgIpc) is 2.66. The Kier molecular flexibility index (Phi) is 6.05. The van der Waals surface area contributed by atoms with Crippen LogP contribution in [-0.2, 0) is 4.79 Å². The minimum atomic E-state index is -0.869. The Labute approximate surface area is 128 Å². The first-order chi connectivity index (χ1) is 9.64. The number of nitrogens with one attached hydrogen (secondary N) is 1. The second-order valence-electron chi connectivity index (χ2n) is 7.40. The summed E-state index contributed by atoms with van der Waals surface area (Å²) in [6.45, 7) is 10.3. The number of rotatable bonds is 5. The molecule has 1 rings (SSSR count). The Bertz CT molecular complexity index is 376. The van der Waals surface area contributed by atoms with Crippen molar-refractivity contribution < 1.29 is 14.7 Å². The first-order valence-electron chi connectivity index (χ1n) is 7.94. The van der Waals surface area contributed by atoms with Gasteiger partial charge in [0.25, 0.3) is 0 Å². The van der Waals surface area contributed by atoms with Crippen molar-refractivity contribution in [2.75, 3.05) is 0 Å². The molecule has 21 heavy (non-hydrogen) atoms. The van der Waals surface area contributed by atoms with Crippen molar-refractivity contribution in [1.29, 1.82) is 0 Å². The van der Waals surface area contributed by atoms with Crippen LogP contribution in [0.5, 0.6) is 0 Å². The summed E-state index contributed by atoms with van der Waals surface area (Å²) < 4.78 is 0. The summed E-state index contributed by atoms with van der Waals surface area (Å²) in [7, 11) is 0. The molecular weight excluding hydrogens is 268 g/mol. The van der Waals surface area contributed by atoms with E-state index in [-0.39, 0.29) is 36.0 Å². The summed E-state index contributed by atoms with van der Waals surface area (Å²) in [6.07, 6.45) is 3.63. The van der Waals surface area contributed by atoms with E-state index in [0.29, 0.717) is 6.42 Å². The van der Waals surface area contributed by atoms with Crippen molar-refractivity contribution in [2.24, 2.45) is 5.41 Å². The maximum Gasteiger partial charge on any atom is 0.318 e. The van der Waals surface area contributed by atoms with Gasteiger partial charge in [0.1, 0.15) is 0 Å². The molecule has 0 aromatic rings. The first kappa shape index (κ1) is 17.8. The second-order valence-corrected chi connectivity index (χ2v) is 7.40. The molecule has 0 saturated carbocycles. The number of carboxylic acid groups (broad SMARTS) is 1. The van der Waals surface area contributed by atoms with E-state index in [1.807, 2.05) is 4.90 Å². The summed E-state index contributed by atoms with van der Waals surface area (Å²) in [5.41, 5.74) is -0.0197. The molecule has 1 aliphatic heterocycles. The van der Waals surface area contributed by atoms with Crippen molar-refractivity contribution >= 4 is 12.0 Å². The number of amides is 2. The van der Waals surface area contributed by atoms with Crippen LogP contribution < -0.4 is 5.32 Å². The molecule has 5 nitrogen and oxygen atoms in total. The molecule has 1 fully saturated rings. The van der Waals surface area contributed by atoms with Crippen molar-refractivity contribution in [3.63, 3.8) is 0 Å². The van der Waals surface area contributed by atoms with E-state index >= 15 is 0 Å². The monoisotopic (exact) mass is 298 g/mol. The van der Waals surface area contributed by atoms with Gasteiger partial charge in [0.2, 0.25) is 0 Å². The molecular formula is C16H30N2O3. The van der Waals surface area contributed by atoms with E-state index in [4.69, 9.17) is 5.11 Å². The summed E-state index contributed by atoms with van der Waals surface area (Å²) in [6, 6.07) is 0.0813. The lowest BCUT2D eigenvalue weighted by molar-refractivity contribution is -0.137. The smallest absolute Gasteiger partial charge is 0.318 e. The highest BCUT2D eigenvalue weighted by atomic mass is 16.4. The number of carboxylic acids is 1. The molecule has 2 N–H and O–H groups in total. The molecule has 1 aliphatic rings. The molecule has 0 radical (unpaired) electrons. The fourth-order valence-electron chi connectivity index (χ4n) is 3.21. The molecule has 1 saturated heterocycles. The zero-order valence-corrected chi connectivity index (χ0v) is 14.0. The topological polar surface area (TPSA) is 69.6 Å². The summed E-state index contributed by atoms with van der Waals surface area (Å²) >= 11 is 0. The van der Waals surface area contributed by atoms with Crippen LogP contribution in [0.1, 0.15) is 66.7 Å². The number of carbonyl (C=O) groups is 2. The van der Waals surface area contributed by atoms with Gasteiger partial charge in [0.15, 0.2) is 0 Å². The Hall–Kier alpha value is -1.26. The van der Waals surface area contributed by atoms with Gasteiger partial charge < -0.3 is 15.3 Å². The Morgan fingerprint density at radius 2 is 1.95 bits per heavy atom. The molecule has 0 bridgehead atoms. The molecule has 1 heterocycles. The highest BCUT2D eigenvalue weighted by Gasteiger charge is 2.34. The van der Waals surface area contributed by atoms with E-state index in [2.05, 4.69) is 39.9 Å². The van der Waals surface area contributed by atoms with Crippen LogP contribution in [0.4, 0.5) is 4.79 Å². The van der Waals surface area contributed by atoms with Crippen LogP contribution in [0.25, 0.3) is 0 Å². The molecule has 0 aliphatic carbocycles. The van der Waals surface area contributed by atoms with Gasteiger partial charge in [-0.05, 0) is 38.0 Å². The van der Waals surface area contributed by atoms with Gasteiger partial charge in [-0.1, -0.05) is 27.7 Å². The summed E-state index contributed by atoms with van der Waals surface area (Å²) in [4.78, 5) is 25.4. The number of aliphatic carboxylic acids is 1. The SMILES string of the molecule is CCC1CCC(C)N1C(=O)NC(CC(=O)O)CC(C)(C)C. The third kappa shape index (κ3) is 5.56. The van der Waals surface area contributed by atoms with Gasteiger partial charge in [0, 0.05) is 18.1 Å². The van der Waals surface area contributed by atoms with E-state index < -0.39 is 5.97 Å². The number of hydrogen-bond acceptors (Lipinski definition) is 2. The summed E-state index contributed by atoms with van der Waals surface area (Å²) in [5.74, 6) is -0.869. The Morgan fingerprint density at radius 3 is 2.43 bits per heavy atom. The van der Waals surface area contributed by atoms with Crippen molar-refractivity contribution in [2.45, 2.75) is 84.8 Å². The van der Waals surface area contributed by atoms with Crippen LogP contribution in [-0.4, -0.2) is 40.1 Å². The summed E-state index contributed by atoms with van der Waals surface area (Å²) in [5, 5.41) is 12.0. The largest absolute Gasteiger partial charge is 0.481 e. The minimum Gasteiger partial charge on any atom is -0.481 e.